The Hall–Kier alpha value is -1.59. The maximum Gasteiger partial charge on any atom is 0.248 e. The molecule has 1 aromatic heterocycles. The number of pyridine rings is 1. The molecule has 0 bridgehead atoms. The van der Waals surface area contributed by atoms with Crippen LogP contribution in [-0.2, 0) is 0 Å². The Labute approximate surface area is 122 Å². The van der Waals surface area contributed by atoms with E-state index < -0.39 is 5.92 Å². The van der Waals surface area contributed by atoms with Crippen LogP contribution in [0.25, 0.3) is 10.9 Å². The van der Waals surface area contributed by atoms with Crippen molar-refractivity contribution in [2.45, 2.75) is 37.6 Å². The molecule has 1 unspecified atom stereocenters. The van der Waals surface area contributed by atoms with Crippen molar-refractivity contribution >= 4 is 10.9 Å². The van der Waals surface area contributed by atoms with Gasteiger partial charge < -0.3 is 0 Å². The van der Waals surface area contributed by atoms with Crippen molar-refractivity contribution in [1.82, 2.24) is 10.4 Å². The molecule has 1 fully saturated rings. The molecule has 0 spiro atoms. The van der Waals surface area contributed by atoms with Gasteiger partial charge in [0, 0.05) is 24.4 Å². The van der Waals surface area contributed by atoms with Crippen LogP contribution in [0.2, 0.25) is 0 Å². The van der Waals surface area contributed by atoms with E-state index in [1.807, 2.05) is 30.3 Å². The van der Waals surface area contributed by atoms with Crippen LogP contribution in [0.5, 0.6) is 0 Å². The highest BCUT2D eigenvalue weighted by Gasteiger charge is 2.37. The normalized spacial score (nSPS) is 20.5. The van der Waals surface area contributed by atoms with Gasteiger partial charge in [-0.1, -0.05) is 18.2 Å². The van der Waals surface area contributed by atoms with Crippen molar-refractivity contribution in [3.8, 4) is 0 Å². The molecule has 1 aromatic carbocycles. The quantitative estimate of drug-likeness (QED) is 0.671. The third-order valence-electron chi connectivity index (χ3n) is 4.38. The van der Waals surface area contributed by atoms with Crippen LogP contribution in [0, 0.1) is 5.92 Å². The topological polar surface area (TPSA) is 50.9 Å². The standard InChI is InChI=1S/C16H19F2N3/c17-16(18)7-5-11(6-8-16)15(21-19)13-9-12-3-1-2-4-14(12)20-10-13/h1-4,9-11,15,21H,5-8,19H2. The molecule has 0 aliphatic heterocycles. The fourth-order valence-corrected chi connectivity index (χ4v) is 3.16. The molecule has 3 N–H and O–H groups in total. The van der Waals surface area contributed by atoms with Gasteiger partial charge in [0.2, 0.25) is 5.92 Å². The smallest absolute Gasteiger partial charge is 0.248 e. The Balaban J connectivity index is 1.84. The molecule has 0 amide bonds. The van der Waals surface area contributed by atoms with E-state index in [0.717, 1.165) is 16.5 Å². The summed E-state index contributed by atoms with van der Waals surface area (Å²) in [5.41, 5.74) is 4.68. The number of nitrogens with one attached hydrogen (secondary N) is 1. The summed E-state index contributed by atoms with van der Waals surface area (Å²) in [6, 6.07) is 9.76. The summed E-state index contributed by atoms with van der Waals surface area (Å²) in [6.07, 6.45) is 2.64. The SMILES string of the molecule is NNC(c1cnc2ccccc2c1)C1CCC(F)(F)CC1. The van der Waals surface area contributed by atoms with Gasteiger partial charge in [-0.05, 0) is 36.5 Å². The minimum Gasteiger partial charge on any atom is -0.271 e. The minimum atomic E-state index is -2.52. The van der Waals surface area contributed by atoms with E-state index in [0.29, 0.717) is 12.8 Å². The van der Waals surface area contributed by atoms with Crippen molar-refractivity contribution in [2.75, 3.05) is 0 Å². The minimum absolute atomic E-state index is 0.0587. The first-order valence-electron chi connectivity index (χ1n) is 7.28. The van der Waals surface area contributed by atoms with Crippen LogP contribution in [0.3, 0.4) is 0 Å². The first-order valence-corrected chi connectivity index (χ1v) is 7.28. The Bertz CT molecular complexity index is 620. The van der Waals surface area contributed by atoms with Gasteiger partial charge in [0.05, 0.1) is 11.6 Å². The first-order chi connectivity index (χ1) is 10.1. The summed E-state index contributed by atoms with van der Waals surface area (Å²) < 4.78 is 26.6. The number of benzene rings is 1. The van der Waals surface area contributed by atoms with Gasteiger partial charge >= 0.3 is 0 Å². The molecule has 0 saturated heterocycles. The monoisotopic (exact) mass is 291 g/mol. The molecule has 1 aliphatic carbocycles. The molecule has 1 atom stereocenters. The van der Waals surface area contributed by atoms with Crippen LogP contribution in [-0.4, -0.2) is 10.9 Å². The fraction of sp³-hybridized carbons (Fsp3) is 0.438. The van der Waals surface area contributed by atoms with E-state index in [4.69, 9.17) is 5.84 Å². The summed E-state index contributed by atoms with van der Waals surface area (Å²) in [5, 5.41) is 1.04. The molecule has 5 heteroatoms. The zero-order chi connectivity index (χ0) is 14.9. The fourth-order valence-electron chi connectivity index (χ4n) is 3.16. The number of para-hydroxylation sites is 1. The summed E-state index contributed by atoms with van der Waals surface area (Å²) >= 11 is 0. The highest BCUT2D eigenvalue weighted by atomic mass is 19.3. The first kappa shape index (κ1) is 14.4. The molecule has 0 radical (unpaired) electrons. The lowest BCUT2D eigenvalue weighted by atomic mass is 9.80. The highest BCUT2D eigenvalue weighted by molar-refractivity contribution is 5.78. The van der Waals surface area contributed by atoms with Crippen molar-refractivity contribution in [3.63, 3.8) is 0 Å². The zero-order valence-electron chi connectivity index (χ0n) is 11.7. The molecule has 21 heavy (non-hydrogen) atoms. The second kappa shape index (κ2) is 5.66. The van der Waals surface area contributed by atoms with E-state index in [2.05, 4.69) is 10.4 Å². The third-order valence-corrected chi connectivity index (χ3v) is 4.38. The third kappa shape index (κ3) is 3.04. The molecule has 3 rings (SSSR count). The Morgan fingerprint density at radius 1 is 1.24 bits per heavy atom. The zero-order valence-corrected chi connectivity index (χ0v) is 11.7. The average Bonchev–Trinajstić information content (AvgIpc) is 2.49. The van der Waals surface area contributed by atoms with Crippen molar-refractivity contribution in [3.05, 3.63) is 42.1 Å². The Morgan fingerprint density at radius 3 is 2.67 bits per heavy atom. The number of rotatable bonds is 3. The molecule has 1 saturated carbocycles. The van der Waals surface area contributed by atoms with E-state index in [1.165, 1.54) is 0 Å². The number of nitrogens with zero attached hydrogens (tertiary/aromatic N) is 1. The van der Waals surface area contributed by atoms with E-state index in [9.17, 15) is 8.78 Å². The van der Waals surface area contributed by atoms with Crippen LogP contribution < -0.4 is 11.3 Å². The number of nitrogens with two attached hydrogens (primary N) is 1. The van der Waals surface area contributed by atoms with Crippen molar-refractivity contribution in [2.24, 2.45) is 11.8 Å². The van der Waals surface area contributed by atoms with Gasteiger partial charge in [-0.25, -0.2) is 8.78 Å². The van der Waals surface area contributed by atoms with E-state index >= 15 is 0 Å². The summed E-state index contributed by atoms with van der Waals surface area (Å²) in [6.45, 7) is 0. The molecular formula is C16H19F2N3. The second-order valence-electron chi connectivity index (χ2n) is 5.80. The predicted molar refractivity (Wildman–Crippen MR) is 78.7 cm³/mol. The van der Waals surface area contributed by atoms with E-state index in [1.54, 1.807) is 6.20 Å². The van der Waals surface area contributed by atoms with Crippen LogP contribution in [0.1, 0.15) is 37.3 Å². The average molecular weight is 291 g/mol. The maximum absolute atomic E-state index is 13.3. The number of aromatic nitrogens is 1. The summed E-state index contributed by atoms with van der Waals surface area (Å²) in [5.74, 6) is 3.29. The molecule has 112 valence electrons. The maximum atomic E-state index is 13.3. The van der Waals surface area contributed by atoms with Gasteiger partial charge in [-0.2, -0.15) is 0 Å². The Kier molecular flexibility index (Phi) is 3.87. The molecule has 2 aromatic rings. The number of fused-ring (bicyclic) bond motifs is 1. The molecule has 3 nitrogen and oxygen atoms in total. The predicted octanol–water partition coefficient (Wildman–Crippen LogP) is 3.56. The highest BCUT2D eigenvalue weighted by Crippen LogP contribution is 2.41. The van der Waals surface area contributed by atoms with Crippen LogP contribution in [0.15, 0.2) is 36.5 Å². The summed E-state index contributed by atoms with van der Waals surface area (Å²) in [7, 11) is 0. The summed E-state index contributed by atoms with van der Waals surface area (Å²) in [4.78, 5) is 4.43. The Morgan fingerprint density at radius 2 is 1.95 bits per heavy atom. The van der Waals surface area contributed by atoms with Gasteiger partial charge in [0.25, 0.3) is 0 Å². The number of alkyl halides is 2. The van der Waals surface area contributed by atoms with Crippen molar-refractivity contribution in [1.29, 1.82) is 0 Å². The number of hydrogen-bond donors (Lipinski definition) is 2. The van der Waals surface area contributed by atoms with Crippen LogP contribution in [0.4, 0.5) is 8.78 Å². The van der Waals surface area contributed by atoms with Gasteiger partial charge in [-0.3, -0.25) is 16.3 Å². The van der Waals surface area contributed by atoms with Gasteiger partial charge in [0.15, 0.2) is 0 Å². The molecule has 1 aliphatic rings. The number of hydrogen-bond acceptors (Lipinski definition) is 3. The number of halogens is 2. The van der Waals surface area contributed by atoms with Gasteiger partial charge in [-0.15, -0.1) is 0 Å². The van der Waals surface area contributed by atoms with E-state index in [-0.39, 0.29) is 24.8 Å². The lowest BCUT2D eigenvalue weighted by Crippen LogP contribution is -2.37. The largest absolute Gasteiger partial charge is 0.271 e. The number of hydrazine groups is 1. The molecule has 1 heterocycles. The van der Waals surface area contributed by atoms with Crippen LogP contribution >= 0.6 is 0 Å². The molecular weight excluding hydrogens is 272 g/mol. The lowest BCUT2D eigenvalue weighted by Gasteiger charge is -2.33. The van der Waals surface area contributed by atoms with Gasteiger partial charge in [0.1, 0.15) is 0 Å². The second-order valence-corrected chi connectivity index (χ2v) is 5.80. The lowest BCUT2D eigenvalue weighted by molar-refractivity contribution is -0.0497. The van der Waals surface area contributed by atoms with Crippen molar-refractivity contribution < 1.29 is 8.78 Å².